The van der Waals surface area contributed by atoms with Crippen molar-refractivity contribution in [3.63, 3.8) is 0 Å². The molecule has 0 unspecified atom stereocenters. The van der Waals surface area contributed by atoms with Crippen LogP contribution in [0.2, 0.25) is 0 Å². The van der Waals surface area contributed by atoms with E-state index in [1.54, 1.807) is 0 Å². The van der Waals surface area contributed by atoms with Crippen LogP contribution in [-0.2, 0) is 4.74 Å². The quantitative estimate of drug-likeness (QED) is 0.111. The highest BCUT2D eigenvalue weighted by Gasteiger charge is 1.96. The van der Waals surface area contributed by atoms with Gasteiger partial charge in [0.25, 0.3) is 0 Å². The first-order valence-electron chi connectivity index (χ1n) is 14.8. The number of hydrogen-bond acceptors (Lipinski definition) is 1. The molecular weight excluding hydrogens is 376 g/mol. The lowest BCUT2D eigenvalue weighted by atomic mass is 10.0. The summed E-state index contributed by atoms with van der Waals surface area (Å²) in [5.41, 5.74) is 0. The van der Waals surface area contributed by atoms with E-state index >= 15 is 0 Å². The van der Waals surface area contributed by atoms with Crippen molar-refractivity contribution >= 4 is 0 Å². The van der Waals surface area contributed by atoms with Crippen LogP contribution in [0.25, 0.3) is 0 Å². The topological polar surface area (TPSA) is 9.23 Å². The van der Waals surface area contributed by atoms with Crippen LogP contribution in [0.15, 0.2) is 0 Å². The number of hydrogen-bond donors (Lipinski definition) is 0. The summed E-state index contributed by atoms with van der Waals surface area (Å²) in [5, 5.41) is 0. The summed E-state index contributed by atoms with van der Waals surface area (Å²) in [6.07, 6.45) is 36.8. The molecule has 0 N–H and O–H groups in total. The molecule has 0 spiro atoms. The third-order valence-corrected chi connectivity index (χ3v) is 6.66. The van der Waals surface area contributed by atoms with Gasteiger partial charge in [0, 0.05) is 6.61 Å². The van der Waals surface area contributed by atoms with E-state index in [9.17, 15) is 0 Å². The molecule has 0 fully saturated rings. The molecule has 0 aliphatic rings. The molecule has 0 amide bonds. The van der Waals surface area contributed by atoms with Crippen molar-refractivity contribution in [1.29, 1.82) is 0 Å². The highest BCUT2D eigenvalue weighted by Crippen LogP contribution is 2.15. The Labute approximate surface area is 198 Å². The molecule has 31 heavy (non-hydrogen) atoms. The summed E-state index contributed by atoms with van der Waals surface area (Å²) in [6, 6.07) is 0. The van der Waals surface area contributed by atoms with E-state index < -0.39 is 0 Å². The van der Waals surface area contributed by atoms with Gasteiger partial charge in [-0.25, -0.2) is 0 Å². The molecule has 0 aliphatic carbocycles. The van der Waals surface area contributed by atoms with Crippen LogP contribution in [0.5, 0.6) is 0 Å². The molecule has 187 valence electrons. The van der Waals surface area contributed by atoms with Gasteiger partial charge < -0.3 is 4.74 Å². The van der Waals surface area contributed by atoms with Gasteiger partial charge in [0.05, 0.1) is 6.61 Å². The summed E-state index contributed by atoms with van der Waals surface area (Å²) in [5.74, 6) is 0. The predicted octanol–water partition coefficient (Wildman–Crippen LogP) is 11.3. The van der Waals surface area contributed by atoms with Crippen LogP contribution in [0.3, 0.4) is 0 Å². The lowest BCUT2D eigenvalue weighted by molar-refractivity contribution is 0.183. The highest BCUT2D eigenvalue weighted by atomic mass is 16.5. The lowest BCUT2D eigenvalue weighted by Gasteiger charge is -2.05. The first-order chi connectivity index (χ1) is 15.4. The summed E-state index contributed by atoms with van der Waals surface area (Å²) in [4.78, 5) is 0. The van der Waals surface area contributed by atoms with E-state index in [1.807, 2.05) is 0 Å². The van der Waals surface area contributed by atoms with E-state index in [0.29, 0.717) is 0 Å². The third-order valence-electron chi connectivity index (χ3n) is 6.66. The Bertz CT molecular complexity index is 260. The van der Waals surface area contributed by atoms with Crippen molar-refractivity contribution < 1.29 is 4.74 Å². The Morgan fingerprint density at radius 2 is 0.645 bits per heavy atom. The van der Waals surface area contributed by atoms with E-state index in [1.165, 1.54) is 161 Å². The monoisotopic (exact) mass is 437 g/mol. The maximum Gasteiger partial charge on any atom is 0.0836 e. The SMILES string of the molecule is CCCCCCCCCCCCCCCCCCCCC[CH]OCCCCCCCC. The van der Waals surface area contributed by atoms with Crippen LogP contribution >= 0.6 is 0 Å². The van der Waals surface area contributed by atoms with E-state index in [-0.39, 0.29) is 0 Å². The maximum atomic E-state index is 5.65. The zero-order chi connectivity index (χ0) is 22.5. The summed E-state index contributed by atoms with van der Waals surface area (Å²) >= 11 is 0. The Hall–Kier alpha value is -0.0400. The summed E-state index contributed by atoms with van der Waals surface area (Å²) < 4.78 is 5.65. The van der Waals surface area contributed by atoms with Gasteiger partial charge in [0.2, 0.25) is 0 Å². The van der Waals surface area contributed by atoms with Gasteiger partial charge in [0.15, 0.2) is 0 Å². The normalized spacial score (nSPS) is 11.4. The fraction of sp³-hybridized carbons (Fsp3) is 0.967. The lowest BCUT2D eigenvalue weighted by Crippen LogP contribution is -1.92. The Balaban J connectivity index is 2.98. The zero-order valence-corrected chi connectivity index (χ0v) is 22.1. The van der Waals surface area contributed by atoms with Crippen molar-refractivity contribution in [3.05, 3.63) is 6.61 Å². The van der Waals surface area contributed by atoms with Gasteiger partial charge >= 0.3 is 0 Å². The van der Waals surface area contributed by atoms with Gasteiger partial charge in [-0.05, 0) is 12.8 Å². The Kier molecular flexibility index (Phi) is 29.9. The van der Waals surface area contributed by atoms with Crippen LogP contribution in [-0.4, -0.2) is 6.61 Å². The Morgan fingerprint density at radius 3 is 1.00 bits per heavy atom. The van der Waals surface area contributed by atoms with Crippen LogP contribution in [0, 0.1) is 6.61 Å². The molecule has 0 aromatic carbocycles. The fourth-order valence-electron chi connectivity index (χ4n) is 4.44. The van der Waals surface area contributed by atoms with E-state index in [0.717, 1.165) is 13.0 Å². The molecule has 0 rings (SSSR count). The molecule has 0 saturated carbocycles. The average molecular weight is 438 g/mol. The molecule has 0 aromatic heterocycles. The van der Waals surface area contributed by atoms with E-state index in [2.05, 4.69) is 20.5 Å². The molecule has 1 heteroatoms. The zero-order valence-electron chi connectivity index (χ0n) is 22.1. The molecule has 0 bridgehead atoms. The van der Waals surface area contributed by atoms with Gasteiger partial charge in [0.1, 0.15) is 0 Å². The largest absolute Gasteiger partial charge is 0.376 e. The van der Waals surface area contributed by atoms with Crippen molar-refractivity contribution in [2.24, 2.45) is 0 Å². The van der Waals surface area contributed by atoms with Crippen molar-refractivity contribution in [2.75, 3.05) is 6.61 Å². The highest BCUT2D eigenvalue weighted by molar-refractivity contribution is 4.54. The van der Waals surface area contributed by atoms with Crippen molar-refractivity contribution in [3.8, 4) is 0 Å². The average Bonchev–Trinajstić information content (AvgIpc) is 2.78. The minimum Gasteiger partial charge on any atom is -0.376 e. The molecule has 0 heterocycles. The fourth-order valence-corrected chi connectivity index (χ4v) is 4.44. The third kappa shape index (κ3) is 30.0. The number of ether oxygens (including phenoxy) is 1. The standard InChI is InChI=1S/C30H61O/c1-3-5-7-9-11-12-13-14-15-16-17-18-19-20-21-22-23-24-26-28-30-31-29-27-25-10-8-6-4-2/h30H,3-29H2,1-2H3. The molecule has 0 aromatic rings. The Morgan fingerprint density at radius 1 is 0.355 bits per heavy atom. The predicted molar refractivity (Wildman–Crippen MR) is 142 cm³/mol. The smallest absolute Gasteiger partial charge is 0.0836 e. The molecule has 0 saturated heterocycles. The first-order valence-corrected chi connectivity index (χ1v) is 14.8. The molecule has 0 aliphatic heterocycles. The minimum absolute atomic E-state index is 0.936. The first kappa shape index (κ1) is 31.0. The van der Waals surface area contributed by atoms with Crippen molar-refractivity contribution in [2.45, 2.75) is 181 Å². The number of unbranched alkanes of at least 4 members (excludes halogenated alkanes) is 24. The minimum atomic E-state index is 0.936. The van der Waals surface area contributed by atoms with Crippen LogP contribution in [0.4, 0.5) is 0 Å². The summed E-state index contributed by atoms with van der Waals surface area (Å²) in [7, 11) is 0. The van der Waals surface area contributed by atoms with Gasteiger partial charge in [-0.3, -0.25) is 0 Å². The second-order valence-electron chi connectivity index (χ2n) is 9.96. The summed E-state index contributed by atoms with van der Waals surface area (Å²) in [6.45, 7) is 7.58. The van der Waals surface area contributed by atoms with Crippen LogP contribution in [0.1, 0.15) is 181 Å². The number of rotatable bonds is 28. The molecule has 1 radical (unpaired) electrons. The van der Waals surface area contributed by atoms with Crippen LogP contribution < -0.4 is 0 Å². The van der Waals surface area contributed by atoms with Crippen molar-refractivity contribution in [1.82, 2.24) is 0 Å². The van der Waals surface area contributed by atoms with Gasteiger partial charge in [-0.15, -0.1) is 0 Å². The second-order valence-corrected chi connectivity index (χ2v) is 9.96. The molecule has 0 atom stereocenters. The van der Waals surface area contributed by atoms with E-state index in [4.69, 9.17) is 4.74 Å². The molecular formula is C30H61O. The van der Waals surface area contributed by atoms with Gasteiger partial charge in [-0.1, -0.05) is 168 Å². The molecule has 1 nitrogen and oxygen atoms in total. The maximum absolute atomic E-state index is 5.65. The second kappa shape index (κ2) is 30.0. The van der Waals surface area contributed by atoms with Gasteiger partial charge in [-0.2, -0.15) is 0 Å².